The summed E-state index contributed by atoms with van der Waals surface area (Å²) >= 11 is 0. The fourth-order valence-electron chi connectivity index (χ4n) is 1.29. The van der Waals surface area contributed by atoms with Crippen LogP contribution in [0.2, 0.25) is 0 Å². The highest BCUT2D eigenvalue weighted by atomic mass is 16.5. The predicted octanol–water partition coefficient (Wildman–Crippen LogP) is 0.396. The van der Waals surface area contributed by atoms with Crippen LogP contribution in [0, 0.1) is 6.92 Å². The van der Waals surface area contributed by atoms with Gasteiger partial charge in [-0.1, -0.05) is 5.16 Å². The monoisotopic (exact) mass is 223 g/mol. The lowest BCUT2D eigenvalue weighted by molar-refractivity contribution is 0.0511. The van der Waals surface area contributed by atoms with Crippen LogP contribution in [0.3, 0.4) is 0 Å². The number of ether oxygens (including phenoxy) is 1. The summed E-state index contributed by atoms with van der Waals surface area (Å²) in [5.74, 6) is -0.883. The smallest absolute Gasteiger partial charge is 0.374 e. The summed E-state index contributed by atoms with van der Waals surface area (Å²) < 4.78 is 9.51. The van der Waals surface area contributed by atoms with Gasteiger partial charge in [-0.05, 0) is 13.8 Å². The standard InChI is InChI=1S/C9H9N3O4/c1-3-15-9(14)6-10-7(13)5-4(2)12-16-8(5)11-6/h3H2,1-2H3,(H,10,11,13). The Morgan fingerprint density at radius 1 is 1.56 bits per heavy atom. The molecule has 84 valence electrons. The summed E-state index contributed by atoms with van der Waals surface area (Å²) in [6.45, 7) is 3.48. The van der Waals surface area contributed by atoms with Crippen LogP contribution < -0.4 is 5.56 Å². The molecule has 0 aliphatic carbocycles. The normalized spacial score (nSPS) is 10.6. The van der Waals surface area contributed by atoms with Gasteiger partial charge in [0.1, 0.15) is 5.39 Å². The molecule has 1 N–H and O–H groups in total. The van der Waals surface area contributed by atoms with Crippen LogP contribution >= 0.6 is 0 Å². The van der Waals surface area contributed by atoms with Crippen molar-refractivity contribution in [3.05, 3.63) is 21.9 Å². The number of aromatic nitrogens is 3. The second-order valence-corrected chi connectivity index (χ2v) is 3.08. The molecule has 0 aliphatic heterocycles. The SMILES string of the molecule is CCOC(=O)c1nc2onc(C)c2c(=O)[nH]1. The number of aromatic amines is 1. The zero-order chi connectivity index (χ0) is 11.7. The molecule has 7 nitrogen and oxygen atoms in total. The number of aryl methyl sites for hydroxylation is 1. The van der Waals surface area contributed by atoms with Gasteiger partial charge >= 0.3 is 5.97 Å². The Labute approximate surface area is 89.4 Å². The molecule has 7 heteroatoms. The molecule has 0 saturated carbocycles. The van der Waals surface area contributed by atoms with Gasteiger partial charge in [0.25, 0.3) is 11.3 Å². The van der Waals surface area contributed by atoms with Gasteiger partial charge in [0.15, 0.2) is 0 Å². The second-order valence-electron chi connectivity index (χ2n) is 3.08. The fraction of sp³-hybridized carbons (Fsp3) is 0.333. The minimum atomic E-state index is -0.699. The maximum Gasteiger partial charge on any atom is 0.374 e. The van der Waals surface area contributed by atoms with E-state index in [-0.39, 0.29) is 23.5 Å². The quantitative estimate of drug-likeness (QED) is 0.740. The number of fused-ring (bicyclic) bond motifs is 1. The molecule has 0 spiro atoms. The largest absolute Gasteiger partial charge is 0.460 e. The highest BCUT2D eigenvalue weighted by Gasteiger charge is 2.16. The lowest BCUT2D eigenvalue weighted by Gasteiger charge is -1.99. The van der Waals surface area contributed by atoms with Crippen molar-refractivity contribution >= 4 is 17.1 Å². The van der Waals surface area contributed by atoms with Crippen LogP contribution in [0.4, 0.5) is 0 Å². The molecule has 2 aromatic heterocycles. The number of rotatable bonds is 2. The molecule has 2 rings (SSSR count). The number of nitrogens with zero attached hydrogens (tertiary/aromatic N) is 2. The number of hydrogen-bond acceptors (Lipinski definition) is 6. The lowest BCUT2D eigenvalue weighted by Crippen LogP contribution is -2.17. The van der Waals surface area contributed by atoms with E-state index in [1.165, 1.54) is 0 Å². The van der Waals surface area contributed by atoms with Crippen LogP contribution in [0.5, 0.6) is 0 Å². The first-order chi connectivity index (χ1) is 7.63. The van der Waals surface area contributed by atoms with Crippen molar-refractivity contribution in [3.63, 3.8) is 0 Å². The maximum absolute atomic E-state index is 11.6. The summed E-state index contributed by atoms with van der Waals surface area (Å²) in [6.07, 6.45) is 0. The van der Waals surface area contributed by atoms with Crippen LogP contribution in [0.1, 0.15) is 23.2 Å². The Bertz CT molecular complexity index is 598. The summed E-state index contributed by atoms with van der Waals surface area (Å²) in [5, 5.41) is 3.84. The molecule has 0 unspecified atom stereocenters. The molecule has 0 atom stereocenters. The number of carbonyl (C=O) groups is 1. The van der Waals surface area contributed by atoms with Gasteiger partial charge in [0.2, 0.25) is 5.82 Å². The zero-order valence-corrected chi connectivity index (χ0v) is 8.73. The van der Waals surface area contributed by atoms with E-state index in [9.17, 15) is 9.59 Å². The molecule has 0 aromatic carbocycles. The molecular weight excluding hydrogens is 214 g/mol. The predicted molar refractivity (Wildman–Crippen MR) is 53.1 cm³/mol. The van der Waals surface area contributed by atoms with Crippen molar-refractivity contribution in [2.75, 3.05) is 6.61 Å². The second kappa shape index (κ2) is 3.76. The van der Waals surface area contributed by atoms with E-state index in [1.807, 2.05) is 0 Å². The maximum atomic E-state index is 11.6. The molecule has 0 fully saturated rings. The van der Waals surface area contributed by atoms with Crippen molar-refractivity contribution in [2.24, 2.45) is 0 Å². The van der Waals surface area contributed by atoms with Crippen molar-refractivity contribution in [3.8, 4) is 0 Å². The molecule has 0 aliphatic rings. The highest BCUT2D eigenvalue weighted by Crippen LogP contribution is 2.10. The first kappa shape index (κ1) is 10.3. The van der Waals surface area contributed by atoms with E-state index < -0.39 is 11.5 Å². The van der Waals surface area contributed by atoms with Crippen molar-refractivity contribution in [2.45, 2.75) is 13.8 Å². The minimum Gasteiger partial charge on any atom is -0.460 e. The highest BCUT2D eigenvalue weighted by molar-refractivity contribution is 5.87. The Morgan fingerprint density at radius 2 is 2.31 bits per heavy atom. The fourth-order valence-corrected chi connectivity index (χ4v) is 1.29. The van der Waals surface area contributed by atoms with Gasteiger partial charge in [-0.3, -0.25) is 4.79 Å². The van der Waals surface area contributed by atoms with Gasteiger partial charge in [0, 0.05) is 0 Å². The lowest BCUT2D eigenvalue weighted by atomic mass is 10.3. The Kier molecular flexibility index (Phi) is 2.43. The van der Waals surface area contributed by atoms with Crippen LogP contribution in [0.25, 0.3) is 11.1 Å². The summed E-state index contributed by atoms with van der Waals surface area (Å²) in [7, 11) is 0. The van der Waals surface area contributed by atoms with E-state index in [1.54, 1.807) is 13.8 Å². The number of esters is 1. The molecule has 0 radical (unpaired) electrons. The van der Waals surface area contributed by atoms with Gasteiger partial charge in [0.05, 0.1) is 12.3 Å². The first-order valence-corrected chi connectivity index (χ1v) is 4.67. The van der Waals surface area contributed by atoms with E-state index in [4.69, 9.17) is 9.26 Å². The number of hydrogen-bond donors (Lipinski definition) is 1. The van der Waals surface area contributed by atoms with Crippen molar-refractivity contribution in [1.82, 2.24) is 15.1 Å². The van der Waals surface area contributed by atoms with Gasteiger partial charge in [-0.2, -0.15) is 4.98 Å². The third-order valence-corrected chi connectivity index (χ3v) is 1.99. The van der Waals surface area contributed by atoms with Crippen LogP contribution in [0.15, 0.2) is 9.32 Å². The Balaban J connectivity index is 2.59. The van der Waals surface area contributed by atoms with E-state index >= 15 is 0 Å². The Morgan fingerprint density at radius 3 is 3.00 bits per heavy atom. The van der Waals surface area contributed by atoms with Crippen LogP contribution in [-0.4, -0.2) is 27.7 Å². The average Bonchev–Trinajstić information content (AvgIpc) is 2.61. The molecule has 0 saturated heterocycles. The Hall–Kier alpha value is -2.18. The van der Waals surface area contributed by atoms with Crippen LogP contribution in [-0.2, 0) is 4.74 Å². The molecule has 16 heavy (non-hydrogen) atoms. The molecular formula is C9H9N3O4. The molecule has 0 amide bonds. The van der Waals surface area contributed by atoms with Crippen molar-refractivity contribution in [1.29, 1.82) is 0 Å². The number of carbonyl (C=O) groups excluding carboxylic acids is 1. The van der Waals surface area contributed by atoms with E-state index in [2.05, 4.69) is 15.1 Å². The number of nitrogens with one attached hydrogen (secondary N) is 1. The first-order valence-electron chi connectivity index (χ1n) is 4.67. The summed E-state index contributed by atoms with van der Waals surface area (Å²) in [6, 6.07) is 0. The molecule has 2 heterocycles. The number of H-pyrrole nitrogens is 1. The third kappa shape index (κ3) is 1.56. The van der Waals surface area contributed by atoms with Gasteiger partial charge in [-0.25, -0.2) is 4.79 Å². The molecule has 0 bridgehead atoms. The van der Waals surface area contributed by atoms with Gasteiger partial charge < -0.3 is 14.2 Å². The summed E-state index contributed by atoms with van der Waals surface area (Å²) in [5.41, 5.74) is -0.00438. The minimum absolute atomic E-state index is 0.0318. The topological polar surface area (TPSA) is 98.1 Å². The van der Waals surface area contributed by atoms with Gasteiger partial charge in [-0.15, -0.1) is 0 Å². The third-order valence-electron chi connectivity index (χ3n) is 1.99. The van der Waals surface area contributed by atoms with Crippen molar-refractivity contribution < 1.29 is 14.1 Å². The average molecular weight is 223 g/mol. The van der Waals surface area contributed by atoms with E-state index in [0.29, 0.717) is 5.69 Å². The summed E-state index contributed by atoms with van der Waals surface area (Å²) in [4.78, 5) is 29.1. The zero-order valence-electron chi connectivity index (χ0n) is 8.73. The molecule has 2 aromatic rings. The van der Waals surface area contributed by atoms with E-state index in [0.717, 1.165) is 0 Å².